The first-order chi connectivity index (χ1) is 59.8. The van der Waals surface area contributed by atoms with Gasteiger partial charge < -0.3 is 118 Å². The van der Waals surface area contributed by atoms with Gasteiger partial charge in [-0.3, -0.25) is 24.0 Å². The van der Waals surface area contributed by atoms with E-state index in [-0.39, 0.29) is 70.2 Å². The van der Waals surface area contributed by atoms with Crippen molar-refractivity contribution in [3.8, 4) is 56.3 Å². The van der Waals surface area contributed by atoms with Gasteiger partial charge in [-0.2, -0.15) is 0 Å². The van der Waals surface area contributed by atoms with Crippen LogP contribution in [0.1, 0.15) is 127 Å². The molecule has 0 radical (unpaired) electrons. The first-order valence-electron chi connectivity index (χ1n) is 41.5. The molecule has 33 heteroatoms. The number of aliphatic hydroxyl groups is 1. The smallest absolute Gasteiger partial charge is 0.341 e. The third-order valence-electron chi connectivity index (χ3n) is 23.3. The second-order valence-corrected chi connectivity index (χ2v) is 31.4. The van der Waals surface area contributed by atoms with E-state index < -0.39 is 63.7 Å². The fourth-order valence-corrected chi connectivity index (χ4v) is 16.1. The van der Waals surface area contributed by atoms with Crippen LogP contribution >= 0.6 is 0 Å². The molecular weight excluding hydrogens is 1600 g/mol. The Morgan fingerprint density at radius 1 is 0.320 bits per heavy atom. The minimum Gasteiger partial charge on any atom is -0.477 e. The number of anilines is 5. The Morgan fingerprint density at radius 3 is 0.696 bits per heavy atom. The third kappa shape index (κ3) is 21.9. The number of carbonyl (C=O) groups is 5. The summed E-state index contributed by atoms with van der Waals surface area (Å²) in [6.45, 7) is 17.2. The normalized spacial score (nSPS) is 18.8. The predicted octanol–water partition coefficient (Wildman–Crippen LogP) is 7.42. The van der Waals surface area contributed by atoms with Gasteiger partial charge in [-0.05, 0) is 192 Å². The topological polar surface area (TPSA) is 536 Å². The molecule has 125 heavy (non-hydrogen) atoms. The maximum atomic E-state index is 12.0. The number of benzene rings is 5. The molecule has 0 amide bonds. The van der Waals surface area contributed by atoms with Gasteiger partial charge in [0.2, 0.25) is 0 Å². The number of nitrogens with one attached hydrogen (secondary N) is 5. The first kappa shape index (κ1) is 92.6. The first-order valence-corrected chi connectivity index (χ1v) is 41.5. The number of nitrogens with zero attached hydrogens (tertiary/aromatic N) is 5. The summed E-state index contributed by atoms with van der Waals surface area (Å²) in [7, 11) is 3.33. The lowest BCUT2D eigenvalue weighted by molar-refractivity contribution is 0.0684. The molecule has 5 aromatic heterocycles. The maximum absolute atomic E-state index is 12.0. The van der Waals surface area contributed by atoms with E-state index in [0.29, 0.717) is 73.7 Å². The van der Waals surface area contributed by atoms with Crippen LogP contribution in [0.4, 0.5) is 28.4 Å². The second-order valence-electron chi connectivity index (χ2n) is 31.4. The summed E-state index contributed by atoms with van der Waals surface area (Å²) in [4.78, 5) is 140. The highest BCUT2D eigenvalue weighted by Crippen LogP contribution is 2.34. The van der Waals surface area contributed by atoms with E-state index in [9.17, 15) is 53.1 Å². The Morgan fingerprint density at radius 2 is 0.528 bits per heavy atom. The van der Waals surface area contributed by atoms with Crippen LogP contribution in [0, 0.1) is 0 Å². The molecule has 0 aliphatic carbocycles. The van der Waals surface area contributed by atoms with Crippen molar-refractivity contribution in [3.05, 3.63) is 259 Å². The van der Waals surface area contributed by atoms with Crippen LogP contribution in [0.2, 0.25) is 0 Å². The maximum Gasteiger partial charge on any atom is 0.341 e. The standard InChI is InChI=1S/2C19H23N3O4.C18H21N3O4.2C18H21N3O3/c2*1-3-11-8-14(19(24)25)18(23)21-17(11)12-4-6-13(7-5-12)22-9-15(20)16(10-22)26-2;1-2-10-7-13(18(24)25)17(23)20-16(10)11-3-5-12(6-4-11)21-8-14(19)15(22)9-21;2*1-2-11-9-15(18(23)24)17(22)20-16(11)12-3-5-14(6-4-12)21-8-7-13(19)10-21/h2*4-8,15-16H,3,9-10,20H2,1-2H3,(H,21,23)(H,24,25);3-7,14-15,22H,2,8-9,19H2,1H3,(H,20,23)(H,24,25);2*3-6,9,13H,2,7-8,10,19H2,1H3,(H,20,22)(H,23,24)/t15-,16+;15-,16-;14-,15-;13-;/m0000./s1. The molecule has 5 fully saturated rings. The van der Waals surface area contributed by atoms with Crippen LogP contribution in [0.15, 0.2) is 176 Å². The second kappa shape index (κ2) is 41.4. The third-order valence-corrected chi connectivity index (χ3v) is 23.3. The number of hydrogen-bond donors (Lipinski definition) is 16. The largest absolute Gasteiger partial charge is 0.477 e. The summed E-state index contributed by atoms with van der Waals surface area (Å²) >= 11 is 0. The summed E-state index contributed by atoms with van der Waals surface area (Å²) in [6.07, 6.45) is 4.58. The SMILES string of the molecule is CCc1cc(C(=O)O)c(=O)[nH]c1-c1ccc(N2CCC(N)C2)cc1.CCc1cc(C(=O)O)c(=O)[nH]c1-c1ccc(N2CC[C@H](N)C2)cc1.CCc1cc(C(=O)O)c(=O)[nH]c1-c1ccc(N2C[C@H](N)[C@@H](O)C2)cc1.CCc1cc(C(=O)O)c(=O)[nH]c1-c1ccc(N2C[C@H](N)[C@H](OC)C2)cc1.CCc1cc(C(=O)O)c(=O)[nH]c1-c1ccc(N2C[C@H](OC)[C@@H](N)C2)cc1. The summed E-state index contributed by atoms with van der Waals surface area (Å²) in [5, 5.41) is 55.3. The Balaban J connectivity index is 0.000000152. The number of aryl methyl sites for hydroxylation is 5. The van der Waals surface area contributed by atoms with Crippen molar-refractivity contribution in [1.29, 1.82) is 0 Å². The van der Waals surface area contributed by atoms with E-state index in [0.717, 1.165) is 149 Å². The molecule has 1 unspecified atom stereocenters. The van der Waals surface area contributed by atoms with Crippen molar-refractivity contribution in [2.45, 2.75) is 128 Å². The molecule has 660 valence electrons. The average Bonchev–Trinajstić information content (AvgIpc) is 1.72. The lowest BCUT2D eigenvalue weighted by Crippen LogP contribution is -2.34. The number of pyridine rings is 5. The van der Waals surface area contributed by atoms with E-state index in [1.807, 2.05) is 161 Å². The monoisotopic (exact) mass is 1710 g/mol. The molecule has 0 saturated carbocycles. The molecule has 5 saturated heterocycles. The minimum atomic E-state index is -1.23. The number of aliphatic hydroxyl groups excluding tert-OH is 1. The van der Waals surface area contributed by atoms with Crippen molar-refractivity contribution >= 4 is 58.3 Å². The summed E-state index contributed by atoms with van der Waals surface area (Å²) in [5.41, 5.74) is 42.4. The van der Waals surface area contributed by atoms with E-state index in [2.05, 4.69) is 44.5 Å². The van der Waals surface area contributed by atoms with Crippen molar-refractivity contribution in [2.24, 2.45) is 28.7 Å². The van der Waals surface area contributed by atoms with Crippen LogP contribution < -0.4 is 81.0 Å². The molecule has 21 N–H and O–H groups in total. The number of aromatic nitrogens is 5. The number of aromatic carboxylic acids is 5. The van der Waals surface area contributed by atoms with E-state index in [4.69, 9.17) is 63.7 Å². The van der Waals surface area contributed by atoms with Crippen LogP contribution in [0.25, 0.3) is 56.3 Å². The Bertz CT molecular complexity index is 5540. The van der Waals surface area contributed by atoms with Crippen molar-refractivity contribution in [3.63, 3.8) is 0 Å². The number of carboxylic acids is 5. The van der Waals surface area contributed by atoms with E-state index in [1.54, 1.807) is 14.2 Å². The number of β-amino-alcohol motifs (C(OH)–C–C–N with tert-alkyl or cyclic N) is 1. The van der Waals surface area contributed by atoms with Gasteiger partial charge in [-0.15, -0.1) is 0 Å². The number of rotatable bonds is 22. The van der Waals surface area contributed by atoms with Crippen molar-refractivity contribution < 1.29 is 64.1 Å². The number of ether oxygens (including phenoxy) is 2. The van der Waals surface area contributed by atoms with Gasteiger partial charge in [0.15, 0.2) is 0 Å². The molecule has 0 spiro atoms. The summed E-state index contributed by atoms with van der Waals surface area (Å²) in [5.74, 6) is -6.10. The van der Waals surface area contributed by atoms with Crippen LogP contribution in [0.3, 0.4) is 0 Å². The molecule has 5 aliphatic heterocycles. The lowest BCUT2D eigenvalue weighted by atomic mass is 10.0. The minimum absolute atomic E-state index is 0.0151. The Labute approximate surface area is 720 Å². The van der Waals surface area contributed by atoms with Crippen LogP contribution in [-0.4, -0.2) is 214 Å². The number of aromatic amines is 5. The van der Waals surface area contributed by atoms with E-state index >= 15 is 0 Å². The van der Waals surface area contributed by atoms with Gasteiger partial charge in [0.1, 0.15) is 27.8 Å². The Hall–Kier alpha value is -13.1. The van der Waals surface area contributed by atoms with Gasteiger partial charge in [0.25, 0.3) is 27.8 Å². The zero-order valence-corrected chi connectivity index (χ0v) is 70.8. The zero-order valence-electron chi connectivity index (χ0n) is 70.8. The molecule has 10 aromatic rings. The molecule has 10 heterocycles. The van der Waals surface area contributed by atoms with Crippen LogP contribution in [-0.2, 0) is 41.6 Å². The molecule has 5 aliphatic rings. The number of nitrogens with two attached hydrogens (primary N) is 5. The number of methoxy groups -OCH3 is 2. The fourth-order valence-electron chi connectivity index (χ4n) is 16.1. The molecule has 0 bridgehead atoms. The van der Waals surface area contributed by atoms with Crippen molar-refractivity contribution in [2.75, 3.05) is 104 Å². The lowest BCUT2D eigenvalue weighted by Gasteiger charge is -2.19. The molecule has 15 rings (SSSR count). The average molecular weight is 1710 g/mol. The molecule has 5 aromatic carbocycles. The predicted molar refractivity (Wildman–Crippen MR) is 482 cm³/mol. The Kier molecular flexibility index (Phi) is 30.6. The van der Waals surface area contributed by atoms with Gasteiger partial charge in [-0.1, -0.05) is 95.3 Å². The van der Waals surface area contributed by atoms with Gasteiger partial charge in [0.05, 0.1) is 58.9 Å². The zero-order chi connectivity index (χ0) is 90.4. The van der Waals surface area contributed by atoms with Gasteiger partial charge >= 0.3 is 29.8 Å². The quantitative estimate of drug-likeness (QED) is 0.0314. The van der Waals surface area contributed by atoms with Crippen molar-refractivity contribution in [1.82, 2.24) is 24.9 Å². The van der Waals surface area contributed by atoms with E-state index in [1.165, 1.54) is 30.3 Å². The highest BCUT2D eigenvalue weighted by molar-refractivity contribution is 5.91. The number of hydrogen-bond acceptors (Lipinski definition) is 23. The highest BCUT2D eigenvalue weighted by Gasteiger charge is 2.33. The van der Waals surface area contributed by atoms with Crippen LogP contribution in [0.5, 0.6) is 0 Å². The molecule has 33 nitrogen and oxygen atoms in total. The molecular formula is C92H109N15O18. The summed E-state index contributed by atoms with van der Waals surface area (Å²) < 4.78 is 10.8. The van der Waals surface area contributed by atoms with Gasteiger partial charge in [-0.25, -0.2) is 24.0 Å². The number of H-pyrrole nitrogens is 5. The molecule has 8 atom stereocenters. The van der Waals surface area contributed by atoms with Gasteiger partial charge in [0, 0.05) is 126 Å². The number of carboxylic acid groups (broad SMARTS) is 5. The highest BCUT2D eigenvalue weighted by atomic mass is 16.5. The fraction of sp³-hybridized carbons (Fsp3) is 0.348. The summed E-state index contributed by atoms with van der Waals surface area (Å²) in [6, 6.07) is 46.4.